The Labute approximate surface area is 147 Å². The number of carbonyl (C=O) groups excluding carboxylic acids is 1. The van der Waals surface area contributed by atoms with E-state index in [1.807, 2.05) is 30.3 Å². The second kappa shape index (κ2) is 8.64. The summed E-state index contributed by atoms with van der Waals surface area (Å²) in [5.41, 5.74) is 2.63. The highest BCUT2D eigenvalue weighted by molar-refractivity contribution is 6.04. The molecule has 0 aliphatic rings. The van der Waals surface area contributed by atoms with Gasteiger partial charge in [-0.2, -0.15) is 0 Å². The molecule has 1 amide bonds. The van der Waals surface area contributed by atoms with Crippen molar-refractivity contribution in [3.05, 3.63) is 90.3 Å². The molecular formula is C21H20N2O2. The van der Waals surface area contributed by atoms with Crippen LogP contribution in [0.5, 0.6) is 5.75 Å². The number of benzene rings is 2. The number of hydrogen-bond donors (Lipinski definition) is 1. The van der Waals surface area contributed by atoms with Crippen molar-refractivity contribution in [1.29, 1.82) is 0 Å². The molecule has 25 heavy (non-hydrogen) atoms. The number of amides is 1. The zero-order valence-electron chi connectivity index (χ0n) is 13.9. The number of ether oxygens (including phenoxy) is 1. The third-order valence-electron chi connectivity index (χ3n) is 3.78. The zero-order valence-corrected chi connectivity index (χ0v) is 13.9. The first-order chi connectivity index (χ1) is 12.3. The Hall–Kier alpha value is -3.14. The maximum absolute atomic E-state index is 12.1. The summed E-state index contributed by atoms with van der Waals surface area (Å²) >= 11 is 0. The first-order valence-electron chi connectivity index (χ1n) is 8.29. The molecule has 1 heterocycles. The molecule has 1 N–H and O–H groups in total. The highest BCUT2D eigenvalue weighted by Crippen LogP contribution is 2.17. The van der Waals surface area contributed by atoms with E-state index in [1.165, 1.54) is 5.56 Å². The van der Waals surface area contributed by atoms with Gasteiger partial charge in [0.15, 0.2) is 0 Å². The van der Waals surface area contributed by atoms with E-state index in [4.69, 9.17) is 4.74 Å². The first kappa shape index (κ1) is 16.7. The second-order valence-corrected chi connectivity index (χ2v) is 5.65. The average molecular weight is 332 g/mol. The van der Waals surface area contributed by atoms with Gasteiger partial charge in [0.1, 0.15) is 5.75 Å². The summed E-state index contributed by atoms with van der Waals surface area (Å²) in [6.45, 7) is 0.664. The Bertz CT molecular complexity index is 787. The second-order valence-electron chi connectivity index (χ2n) is 5.65. The molecule has 4 nitrogen and oxygen atoms in total. The number of hydrogen-bond acceptors (Lipinski definition) is 3. The van der Waals surface area contributed by atoms with Gasteiger partial charge in [0.05, 0.1) is 6.61 Å². The van der Waals surface area contributed by atoms with Crippen molar-refractivity contribution in [3.63, 3.8) is 0 Å². The minimum atomic E-state index is -0.154. The Balaban J connectivity index is 1.45. The van der Waals surface area contributed by atoms with Crippen LogP contribution in [0.25, 0.3) is 0 Å². The number of rotatable bonds is 7. The van der Waals surface area contributed by atoms with Crippen LogP contribution in [-0.4, -0.2) is 17.5 Å². The maximum atomic E-state index is 12.1. The van der Waals surface area contributed by atoms with Crippen molar-refractivity contribution >= 4 is 11.6 Å². The summed E-state index contributed by atoms with van der Waals surface area (Å²) < 4.78 is 5.75. The van der Waals surface area contributed by atoms with Crippen molar-refractivity contribution in [3.8, 4) is 5.75 Å². The lowest BCUT2D eigenvalue weighted by Gasteiger charge is -2.08. The third kappa shape index (κ3) is 5.18. The molecule has 0 spiro atoms. The fraction of sp³-hybridized carbons (Fsp3) is 0.143. The molecule has 0 unspecified atom stereocenters. The van der Waals surface area contributed by atoms with Crippen LogP contribution in [0.4, 0.5) is 5.69 Å². The zero-order chi connectivity index (χ0) is 17.3. The fourth-order valence-corrected chi connectivity index (χ4v) is 2.45. The van der Waals surface area contributed by atoms with Gasteiger partial charge in [-0.15, -0.1) is 0 Å². The van der Waals surface area contributed by atoms with Crippen LogP contribution in [-0.2, 0) is 6.42 Å². The Kier molecular flexibility index (Phi) is 5.77. The summed E-state index contributed by atoms with van der Waals surface area (Å²) in [7, 11) is 0. The molecule has 3 aromatic rings. The minimum Gasteiger partial charge on any atom is -0.494 e. The maximum Gasteiger partial charge on any atom is 0.255 e. The SMILES string of the molecule is O=C(Nc1ccc(OCCCc2ccccc2)cc1)c1ccncc1. The monoisotopic (exact) mass is 332 g/mol. The van der Waals surface area contributed by atoms with Crippen LogP contribution in [0.1, 0.15) is 22.3 Å². The molecule has 2 aromatic carbocycles. The molecule has 0 atom stereocenters. The van der Waals surface area contributed by atoms with E-state index in [2.05, 4.69) is 34.6 Å². The lowest BCUT2D eigenvalue weighted by molar-refractivity contribution is 0.102. The number of aryl methyl sites for hydroxylation is 1. The van der Waals surface area contributed by atoms with Crippen LogP contribution in [0.2, 0.25) is 0 Å². The molecule has 1 aromatic heterocycles. The van der Waals surface area contributed by atoms with Gasteiger partial charge in [0.25, 0.3) is 5.91 Å². The molecule has 0 bridgehead atoms. The Morgan fingerprint density at radius 3 is 2.36 bits per heavy atom. The van der Waals surface area contributed by atoms with E-state index in [9.17, 15) is 4.79 Å². The van der Waals surface area contributed by atoms with Crippen molar-refractivity contribution in [1.82, 2.24) is 4.98 Å². The average Bonchev–Trinajstić information content (AvgIpc) is 2.68. The molecule has 0 aliphatic heterocycles. The topological polar surface area (TPSA) is 51.2 Å². The van der Waals surface area contributed by atoms with Gasteiger partial charge in [0.2, 0.25) is 0 Å². The van der Waals surface area contributed by atoms with Gasteiger partial charge in [-0.05, 0) is 54.8 Å². The summed E-state index contributed by atoms with van der Waals surface area (Å²) in [5, 5.41) is 2.85. The Morgan fingerprint density at radius 2 is 1.64 bits per heavy atom. The van der Waals surface area contributed by atoms with Crippen LogP contribution in [0.3, 0.4) is 0 Å². The summed E-state index contributed by atoms with van der Waals surface area (Å²) in [6, 6.07) is 21.1. The molecule has 0 saturated carbocycles. The van der Waals surface area contributed by atoms with Gasteiger partial charge >= 0.3 is 0 Å². The summed E-state index contributed by atoms with van der Waals surface area (Å²) in [4.78, 5) is 16.0. The van der Waals surface area contributed by atoms with E-state index < -0.39 is 0 Å². The molecule has 3 rings (SSSR count). The van der Waals surface area contributed by atoms with Crippen molar-refractivity contribution in [2.75, 3.05) is 11.9 Å². The molecular weight excluding hydrogens is 312 g/mol. The Morgan fingerprint density at radius 1 is 0.920 bits per heavy atom. The smallest absolute Gasteiger partial charge is 0.255 e. The molecule has 0 saturated heterocycles. The standard InChI is InChI=1S/C21H20N2O2/c24-21(18-12-14-22-15-13-18)23-19-8-10-20(11-9-19)25-16-4-7-17-5-2-1-3-6-17/h1-3,5-6,8-15H,4,7,16H2,(H,23,24). The van der Waals surface area contributed by atoms with Gasteiger partial charge < -0.3 is 10.1 Å². The lowest BCUT2D eigenvalue weighted by Crippen LogP contribution is -2.11. The molecule has 4 heteroatoms. The van der Waals surface area contributed by atoms with E-state index in [1.54, 1.807) is 24.5 Å². The van der Waals surface area contributed by atoms with Gasteiger partial charge in [-0.1, -0.05) is 30.3 Å². The third-order valence-corrected chi connectivity index (χ3v) is 3.78. The van der Waals surface area contributed by atoms with Gasteiger partial charge in [-0.25, -0.2) is 0 Å². The number of aromatic nitrogens is 1. The molecule has 126 valence electrons. The summed E-state index contributed by atoms with van der Waals surface area (Å²) in [5.74, 6) is 0.647. The molecule has 0 fully saturated rings. The number of nitrogens with one attached hydrogen (secondary N) is 1. The highest BCUT2D eigenvalue weighted by Gasteiger charge is 2.05. The van der Waals surface area contributed by atoms with E-state index >= 15 is 0 Å². The van der Waals surface area contributed by atoms with E-state index in [-0.39, 0.29) is 5.91 Å². The molecule has 0 radical (unpaired) electrons. The van der Waals surface area contributed by atoms with Crippen LogP contribution in [0, 0.1) is 0 Å². The fourth-order valence-electron chi connectivity index (χ4n) is 2.45. The normalized spacial score (nSPS) is 10.2. The quantitative estimate of drug-likeness (QED) is 0.655. The van der Waals surface area contributed by atoms with Crippen molar-refractivity contribution < 1.29 is 9.53 Å². The number of anilines is 1. The number of carbonyl (C=O) groups is 1. The van der Waals surface area contributed by atoms with Crippen LogP contribution >= 0.6 is 0 Å². The van der Waals surface area contributed by atoms with E-state index in [0.717, 1.165) is 24.3 Å². The number of nitrogens with zero attached hydrogens (tertiary/aromatic N) is 1. The summed E-state index contributed by atoms with van der Waals surface area (Å²) in [6.07, 6.45) is 5.16. The predicted molar refractivity (Wildman–Crippen MR) is 98.9 cm³/mol. The lowest BCUT2D eigenvalue weighted by atomic mass is 10.1. The van der Waals surface area contributed by atoms with Crippen LogP contribution in [0.15, 0.2) is 79.1 Å². The van der Waals surface area contributed by atoms with Crippen molar-refractivity contribution in [2.24, 2.45) is 0 Å². The molecule has 0 aliphatic carbocycles. The van der Waals surface area contributed by atoms with Crippen LogP contribution < -0.4 is 10.1 Å². The van der Waals surface area contributed by atoms with Crippen molar-refractivity contribution in [2.45, 2.75) is 12.8 Å². The first-order valence-corrected chi connectivity index (χ1v) is 8.29. The largest absolute Gasteiger partial charge is 0.494 e. The highest BCUT2D eigenvalue weighted by atomic mass is 16.5. The van der Waals surface area contributed by atoms with E-state index in [0.29, 0.717) is 12.2 Å². The predicted octanol–water partition coefficient (Wildman–Crippen LogP) is 4.35. The van der Waals surface area contributed by atoms with Gasteiger partial charge in [-0.3, -0.25) is 9.78 Å². The van der Waals surface area contributed by atoms with Gasteiger partial charge in [0, 0.05) is 23.6 Å². The minimum absolute atomic E-state index is 0.154. The number of pyridine rings is 1.